The van der Waals surface area contributed by atoms with Crippen LogP contribution in [0.2, 0.25) is 0 Å². The Morgan fingerprint density at radius 2 is 2.00 bits per heavy atom. The van der Waals surface area contributed by atoms with E-state index in [1.54, 1.807) is 11.8 Å². The predicted octanol–water partition coefficient (Wildman–Crippen LogP) is 3.53. The zero-order valence-electron chi connectivity index (χ0n) is 9.97. The molecule has 1 aromatic heterocycles. The molecule has 3 aromatic rings. The number of rotatable bonds is 2. The van der Waals surface area contributed by atoms with Crippen molar-refractivity contribution < 1.29 is 0 Å². The number of imidazole rings is 1. The molecule has 0 spiro atoms. The number of H-pyrrole nitrogens is 1. The van der Waals surface area contributed by atoms with Crippen LogP contribution in [-0.4, -0.2) is 16.2 Å². The molecule has 0 saturated heterocycles. The minimum atomic E-state index is 0.746. The van der Waals surface area contributed by atoms with Crippen LogP contribution in [0.25, 0.3) is 22.4 Å². The molecule has 18 heavy (non-hydrogen) atoms. The van der Waals surface area contributed by atoms with Gasteiger partial charge < -0.3 is 10.7 Å². The van der Waals surface area contributed by atoms with E-state index in [1.165, 1.54) is 4.90 Å². The van der Waals surface area contributed by atoms with E-state index in [0.29, 0.717) is 0 Å². The number of fused-ring (bicyclic) bond motifs is 1. The van der Waals surface area contributed by atoms with Crippen molar-refractivity contribution in [3.63, 3.8) is 0 Å². The summed E-state index contributed by atoms with van der Waals surface area (Å²) < 4.78 is 0. The van der Waals surface area contributed by atoms with Crippen LogP contribution in [-0.2, 0) is 0 Å². The molecule has 0 fully saturated rings. The highest BCUT2D eigenvalue weighted by atomic mass is 32.2. The average Bonchev–Trinajstić information content (AvgIpc) is 2.81. The van der Waals surface area contributed by atoms with Crippen molar-refractivity contribution in [1.29, 1.82) is 0 Å². The molecule has 0 radical (unpaired) electrons. The van der Waals surface area contributed by atoms with E-state index in [-0.39, 0.29) is 0 Å². The second-order valence-corrected chi connectivity index (χ2v) is 4.91. The van der Waals surface area contributed by atoms with Crippen LogP contribution >= 0.6 is 11.8 Å². The molecular weight excluding hydrogens is 242 g/mol. The first-order valence-electron chi connectivity index (χ1n) is 5.66. The number of aromatic nitrogens is 2. The monoisotopic (exact) mass is 255 g/mol. The van der Waals surface area contributed by atoms with Gasteiger partial charge in [-0.25, -0.2) is 4.98 Å². The van der Waals surface area contributed by atoms with Crippen molar-refractivity contribution >= 4 is 28.5 Å². The quantitative estimate of drug-likeness (QED) is 0.544. The van der Waals surface area contributed by atoms with Gasteiger partial charge in [0.2, 0.25) is 0 Å². The third kappa shape index (κ3) is 1.84. The van der Waals surface area contributed by atoms with Crippen molar-refractivity contribution in [1.82, 2.24) is 9.97 Å². The van der Waals surface area contributed by atoms with Gasteiger partial charge in [0.05, 0.1) is 11.0 Å². The van der Waals surface area contributed by atoms with E-state index < -0.39 is 0 Å². The minimum absolute atomic E-state index is 0.746. The van der Waals surface area contributed by atoms with Crippen LogP contribution in [0.5, 0.6) is 0 Å². The summed E-state index contributed by atoms with van der Waals surface area (Å²) in [6.07, 6.45) is 2.07. The molecule has 0 unspecified atom stereocenters. The van der Waals surface area contributed by atoms with Gasteiger partial charge in [-0.2, -0.15) is 0 Å². The molecule has 0 bridgehead atoms. The van der Waals surface area contributed by atoms with Crippen LogP contribution in [0.1, 0.15) is 0 Å². The third-order valence-corrected chi connectivity index (χ3v) is 3.66. The van der Waals surface area contributed by atoms with Gasteiger partial charge in [-0.15, -0.1) is 11.8 Å². The van der Waals surface area contributed by atoms with Crippen LogP contribution in [0.3, 0.4) is 0 Å². The fourth-order valence-corrected chi connectivity index (χ4v) is 2.59. The number of nitrogens with two attached hydrogens (primary N) is 1. The SMILES string of the molecule is CSc1ccccc1-c1nc2ccc(N)cc2[nH]1. The topological polar surface area (TPSA) is 54.7 Å². The lowest BCUT2D eigenvalue weighted by molar-refractivity contribution is 1.29. The summed E-state index contributed by atoms with van der Waals surface area (Å²) in [6.45, 7) is 0. The van der Waals surface area contributed by atoms with Crippen molar-refractivity contribution in [2.75, 3.05) is 12.0 Å². The standard InChI is InChI=1S/C14H13N3S/c1-18-13-5-3-2-4-10(13)14-16-11-7-6-9(15)8-12(11)17-14/h2-8H,15H2,1H3,(H,16,17). The zero-order chi connectivity index (χ0) is 12.5. The summed E-state index contributed by atoms with van der Waals surface area (Å²) in [5, 5.41) is 0. The largest absolute Gasteiger partial charge is 0.399 e. The van der Waals surface area contributed by atoms with Gasteiger partial charge in [0.15, 0.2) is 0 Å². The van der Waals surface area contributed by atoms with Gasteiger partial charge in [0, 0.05) is 16.1 Å². The Balaban J connectivity index is 2.19. The number of anilines is 1. The van der Waals surface area contributed by atoms with Gasteiger partial charge >= 0.3 is 0 Å². The van der Waals surface area contributed by atoms with Crippen molar-refractivity contribution in [2.24, 2.45) is 0 Å². The molecule has 0 aliphatic rings. The van der Waals surface area contributed by atoms with E-state index in [1.807, 2.05) is 30.3 Å². The van der Waals surface area contributed by atoms with Gasteiger partial charge in [-0.05, 0) is 30.5 Å². The molecule has 2 aromatic carbocycles. The van der Waals surface area contributed by atoms with Crippen LogP contribution < -0.4 is 5.73 Å². The molecule has 0 aliphatic carbocycles. The van der Waals surface area contributed by atoms with Gasteiger partial charge in [-0.3, -0.25) is 0 Å². The molecule has 3 nitrogen and oxygen atoms in total. The average molecular weight is 255 g/mol. The molecule has 0 atom stereocenters. The maximum atomic E-state index is 5.78. The normalized spacial score (nSPS) is 10.9. The summed E-state index contributed by atoms with van der Waals surface area (Å²) in [6, 6.07) is 14.0. The fourth-order valence-electron chi connectivity index (χ4n) is 2.00. The maximum Gasteiger partial charge on any atom is 0.139 e. The minimum Gasteiger partial charge on any atom is -0.399 e. The predicted molar refractivity (Wildman–Crippen MR) is 77.7 cm³/mol. The van der Waals surface area contributed by atoms with Crippen molar-refractivity contribution in [2.45, 2.75) is 4.90 Å². The van der Waals surface area contributed by atoms with Gasteiger partial charge in [0.25, 0.3) is 0 Å². The van der Waals surface area contributed by atoms with E-state index >= 15 is 0 Å². The van der Waals surface area contributed by atoms with E-state index in [4.69, 9.17) is 5.73 Å². The Morgan fingerprint density at radius 3 is 2.83 bits per heavy atom. The first kappa shape index (κ1) is 11.2. The number of benzene rings is 2. The maximum absolute atomic E-state index is 5.78. The first-order valence-corrected chi connectivity index (χ1v) is 6.89. The Kier molecular flexibility index (Phi) is 2.72. The molecule has 0 aliphatic heterocycles. The van der Waals surface area contributed by atoms with Gasteiger partial charge in [-0.1, -0.05) is 18.2 Å². The van der Waals surface area contributed by atoms with E-state index in [2.05, 4.69) is 28.4 Å². The molecular formula is C14H13N3S. The Bertz CT molecular complexity index is 703. The van der Waals surface area contributed by atoms with Crippen molar-refractivity contribution in [3.05, 3.63) is 42.5 Å². The molecule has 3 N–H and O–H groups in total. The first-order chi connectivity index (χ1) is 8.78. The molecule has 90 valence electrons. The highest BCUT2D eigenvalue weighted by Gasteiger charge is 2.08. The van der Waals surface area contributed by atoms with E-state index in [0.717, 1.165) is 28.1 Å². The highest BCUT2D eigenvalue weighted by molar-refractivity contribution is 7.98. The molecule has 0 saturated carbocycles. The number of hydrogen-bond donors (Lipinski definition) is 2. The summed E-state index contributed by atoms with van der Waals surface area (Å²) in [7, 11) is 0. The fraction of sp³-hybridized carbons (Fsp3) is 0.0714. The number of nitrogens with one attached hydrogen (secondary N) is 1. The number of hydrogen-bond acceptors (Lipinski definition) is 3. The summed E-state index contributed by atoms with van der Waals surface area (Å²) >= 11 is 1.72. The number of thioether (sulfide) groups is 1. The van der Waals surface area contributed by atoms with Crippen molar-refractivity contribution in [3.8, 4) is 11.4 Å². The number of nitrogen functional groups attached to an aromatic ring is 1. The molecule has 3 rings (SSSR count). The molecule has 4 heteroatoms. The third-order valence-electron chi connectivity index (χ3n) is 2.87. The lowest BCUT2D eigenvalue weighted by Gasteiger charge is -2.02. The lowest BCUT2D eigenvalue weighted by atomic mass is 10.2. The Morgan fingerprint density at radius 1 is 1.17 bits per heavy atom. The Labute approximate surface area is 109 Å². The summed E-state index contributed by atoms with van der Waals surface area (Å²) in [4.78, 5) is 9.14. The zero-order valence-corrected chi connectivity index (χ0v) is 10.8. The smallest absolute Gasteiger partial charge is 0.139 e. The van der Waals surface area contributed by atoms with Crippen LogP contribution in [0, 0.1) is 0 Å². The van der Waals surface area contributed by atoms with Crippen LogP contribution in [0.4, 0.5) is 5.69 Å². The Hall–Kier alpha value is -1.94. The van der Waals surface area contributed by atoms with E-state index in [9.17, 15) is 0 Å². The lowest BCUT2D eigenvalue weighted by Crippen LogP contribution is -1.83. The molecule has 1 heterocycles. The highest BCUT2D eigenvalue weighted by Crippen LogP contribution is 2.29. The molecule has 0 amide bonds. The second-order valence-electron chi connectivity index (χ2n) is 4.06. The number of aromatic amines is 1. The number of nitrogens with zero attached hydrogens (tertiary/aromatic N) is 1. The second kappa shape index (κ2) is 4.38. The summed E-state index contributed by atoms with van der Waals surface area (Å²) in [5.74, 6) is 0.889. The van der Waals surface area contributed by atoms with Gasteiger partial charge in [0.1, 0.15) is 5.82 Å². The van der Waals surface area contributed by atoms with Crippen LogP contribution in [0.15, 0.2) is 47.4 Å². The summed E-state index contributed by atoms with van der Waals surface area (Å²) in [5.41, 5.74) is 9.56.